The van der Waals surface area contributed by atoms with Crippen LogP contribution in [0.3, 0.4) is 0 Å². The van der Waals surface area contributed by atoms with Crippen molar-refractivity contribution >= 4 is 5.91 Å². The fourth-order valence-corrected chi connectivity index (χ4v) is 3.95. The summed E-state index contributed by atoms with van der Waals surface area (Å²) >= 11 is 0. The lowest BCUT2D eigenvalue weighted by molar-refractivity contribution is -0.143. The van der Waals surface area contributed by atoms with Gasteiger partial charge in [-0.1, -0.05) is 48.5 Å². The monoisotopic (exact) mass is 514 g/mol. The molecule has 0 saturated carbocycles. The Morgan fingerprint density at radius 3 is 1.86 bits per heavy atom. The Balaban J connectivity index is 1.77. The Morgan fingerprint density at radius 2 is 1.30 bits per heavy atom. The van der Waals surface area contributed by atoms with Gasteiger partial charge in [-0.15, -0.1) is 0 Å². The van der Waals surface area contributed by atoms with Crippen LogP contribution in [0, 0.1) is 0 Å². The lowest BCUT2D eigenvalue weighted by Crippen LogP contribution is -2.30. The van der Waals surface area contributed by atoms with Crippen LogP contribution in [0.4, 0.5) is 26.3 Å². The van der Waals surface area contributed by atoms with Crippen molar-refractivity contribution in [3.63, 3.8) is 0 Å². The molecular weight excluding hydrogens is 494 g/mol. The molecule has 0 aliphatic carbocycles. The summed E-state index contributed by atoms with van der Waals surface area (Å²) < 4.78 is 80.6. The highest BCUT2D eigenvalue weighted by atomic mass is 19.4. The number of aromatic nitrogens is 1. The van der Waals surface area contributed by atoms with Crippen LogP contribution in [0.2, 0.25) is 0 Å². The molecule has 0 saturated heterocycles. The number of pyridine rings is 1. The van der Waals surface area contributed by atoms with Crippen molar-refractivity contribution in [3.05, 3.63) is 125 Å². The number of alkyl halides is 6. The Labute approximate surface area is 209 Å². The molecule has 0 N–H and O–H groups in total. The van der Waals surface area contributed by atoms with Crippen molar-refractivity contribution in [3.8, 4) is 11.1 Å². The number of amides is 1. The molecule has 1 heterocycles. The zero-order chi connectivity index (χ0) is 26.6. The zero-order valence-corrected chi connectivity index (χ0v) is 19.2. The van der Waals surface area contributed by atoms with Gasteiger partial charge in [0, 0.05) is 31.0 Å². The third kappa shape index (κ3) is 6.35. The van der Waals surface area contributed by atoms with Crippen LogP contribution in [-0.2, 0) is 25.4 Å². The van der Waals surface area contributed by atoms with Gasteiger partial charge in [0.05, 0.1) is 11.1 Å². The molecule has 0 unspecified atom stereocenters. The number of halogens is 6. The number of carbonyl (C=O) groups excluding carboxylic acids is 1. The van der Waals surface area contributed by atoms with Crippen LogP contribution in [0.15, 0.2) is 97.3 Å². The Hall–Kier alpha value is -4.14. The quantitative estimate of drug-likeness (QED) is 0.248. The Kier molecular flexibility index (Phi) is 7.33. The van der Waals surface area contributed by atoms with Crippen molar-refractivity contribution in [1.82, 2.24) is 9.88 Å². The molecule has 0 bridgehead atoms. The molecule has 190 valence electrons. The molecule has 4 aromatic rings. The molecular formula is C28H20F6N2O. The van der Waals surface area contributed by atoms with E-state index in [9.17, 15) is 31.1 Å². The number of benzene rings is 3. The molecule has 0 atom stereocenters. The number of hydrogen-bond donors (Lipinski definition) is 0. The van der Waals surface area contributed by atoms with E-state index >= 15 is 0 Å². The Morgan fingerprint density at radius 1 is 0.730 bits per heavy atom. The highest BCUT2D eigenvalue weighted by Gasteiger charge is 2.37. The summed E-state index contributed by atoms with van der Waals surface area (Å²) in [5.41, 5.74) is -0.772. The van der Waals surface area contributed by atoms with E-state index in [0.29, 0.717) is 17.7 Å². The third-order valence-electron chi connectivity index (χ3n) is 5.68. The molecule has 37 heavy (non-hydrogen) atoms. The van der Waals surface area contributed by atoms with E-state index in [1.165, 1.54) is 23.2 Å². The first-order chi connectivity index (χ1) is 17.5. The molecule has 0 fully saturated rings. The average Bonchev–Trinajstić information content (AvgIpc) is 2.88. The third-order valence-corrected chi connectivity index (χ3v) is 5.68. The van der Waals surface area contributed by atoms with Crippen molar-refractivity contribution < 1.29 is 31.1 Å². The van der Waals surface area contributed by atoms with Gasteiger partial charge in [0.25, 0.3) is 5.91 Å². The van der Waals surface area contributed by atoms with E-state index in [4.69, 9.17) is 0 Å². The standard InChI is InChI=1S/C28H20F6N2O/c29-27(30,31)23-13-19(14-24(15-23)28(32,33)34)17-36(26(37)21-9-5-2-6-10-21)18-22-16-35-12-11-25(22)20-7-3-1-4-8-20/h1-16H,17-18H2. The summed E-state index contributed by atoms with van der Waals surface area (Å²) in [6.07, 6.45) is -6.89. The fraction of sp³-hybridized carbons (Fsp3) is 0.143. The van der Waals surface area contributed by atoms with Gasteiger partial charge < -0.3 is 4.90 Å². The van der Waals surface area contributed by atoms with Crippen LogP contribution in [0.5, 0.6) is 0 Å². The van der Waals surface area contributed by atoms with Crippen LogP contribution in [0.25, 0.3) is 11.1 Å². The molecule has 0 aliphatic rings. The predicted molar refractivity (Wildman–Crippen MR) is 126 cm³/mol. The summed E-state index contributed by atoms with van der Waals surface area (Å²) in [4.78, 5) is 18.8. The normalized spacial score (nSPS) is 11.8. The number of nitrogens with zero attached hydrogens (tertiary/aromatic N) is 2. The van der Waals surface area contributed by atoms with Crippen LogP contribution < -0.4 is 0 Å². The number of hydrogen-bond acceptors (Lipinski definition) is 2. The van der Waals surface area contributed by atoms with Gasteiger partial charge in [-0.2, -0.15) is 26.3 Å². The Bertz CT molecular complexity index is 1340. The van der Waals surface area contributed by atoms with Crippen molar-refractivity contribution in [2.75, 3.05) is 0 Å². The van der Waals surface area contributed by atoms with E-state index in [-0.39, 0.29) is 23.7 Å². The number of rotatable bonds is 6. The van der Waals surface area contributed by atoms with Gasteiger partial charge in [0.1, 0.15) is 0 Å². The maximum Gasteiger partial charge on any atom is 0.416 e. The van der Waals surface area contributed by atoms with Gasteiger partial charge in [0.15, 0.2) is 0 Å². The molecule has 0 radical (unpaired) electrons. The summed E-state index contributed by atoms with van der Waals surface area (Å²) in [5.74, 6) is -0.547. The molecule has 4 rings (SSSR count). The molecule has 3 nitrogen and oxygen atoms in total. The smallest absolute Gasteiger partial charge is 0.330 e. The second kappa shape index (κ2) is 10.5. The highest BCUT2D eigenvalue weighted by Crippen LogP contribution is 2.37. The maximum absolute atomic E-state index is 13.4. The minimum atomic E-state index is -4.99. The largest absolute Gasteiger partial charge is 0.416 e. The minimum absolute atomic E-state index is 0.0709. The molecule has 1 amide bonds. The first-order valence-corrected chi connectivity index (χ1v) is 11.1. The lowest BCUT2D eigenvalue weighted by Gasteiger charge is -2.25. The van der Waals surface area contributed by atoms with Gasteiger partial charge in [-0.05, 0) is 58.7 Å². The number of carbonyl (C=O) groups is 1. The topological polar surface area (TPSA) is 33.2 Å². The van der Waals surface area contributed by atoms with Gasteiger partial charge in [0.2, 0.25) is 0 Å². The van der Waals surface area contributed by atoms with Gasteiger partial charge in [-0.25, -0.2) is 0 Å². The van der Waals surface area contributed by atoms with E-state index in [1.807, 2.05) is 30.3 Å². The second-order valence-corrected chi connectivity index (χ2v) is 8.34. The summed E-state index contributed by atoms with van der Waals surface area (Å²) in [5, 5.41) is 0. The molecule has 1 aromatic heterocycles. The van der Waals surface area contributed by atoms with E-state index < -0.39 is 35.9 Å². The SMILES string of the molecule is O=C(c1ccccc1)N(Cc1cc(C(F)(F)F)cc(C(F)(F)F)c1)Cc1cnccc1-c1ccccc1. The summed E-state index contributed by atoms with van der Waals surface area (Å²) in [6, 6.07) is 20.3. The molecule has 0 aliphatic heterocycles. The highest BCUT2D eigenvalue weighted by molar-refractivity contribution is 5.94. The van der Waals surface area contributed by atoms with E-state index in [1.54, 1.807) is 30.5 Å². The molecule has 9 heteroatoms. The minimum Gasteiger partial charge on any atom is -0.330 e. The van der Waals surface area contributed by atoms with Gasteiger partial charge in [-0.3, -0.25) is 9.78 Å². The van der Waals surface area contributed by atoms with Gasteiger partial charge >= 0.3 is 12.4 Å². The van der Waals surface area contributed by atoms with Crippen LogP contribution in [0.1, 0.15) is 32.6 Å². The molecule has 3 aromatic carbocycles. The molecule has 0 spiro atoms. The lowest BCUT2D eigenvalue weighted by atomic mass is 10.0. The van der Waals surface area contributed by atoms with E-state index in [2.05, 4.69) is 4.98 Å². The first-order valence-electron chi connectivity index (χ1n) is 11.1. The second-order valence-electron chi connectivity index (χ2n) is 8.34. The summed E-state index contributed by atoms with van der Waals surface area (Å²) in [7, 11) is 0. The van der Waals surface area contributed by atoms with Crippen molar-refractivity contribution in [2.45, 2.75) is 25.4 Å². The van der Waals surface area contributed by atoms with Crippen LogP contribution >= 0.6 is 0 Å². The summed E-state index contributed by atoms with van der Waals surface area (Å²) in [6.45, 7) is -0.576. The first kappa shape index (κ1) is 25.9. The predicted octanol–water partition coefficient (Wildman–Crippen LogP) is 7.63. The van der Waals surface area contributed by atoms with Crippen molar-refractivity contribution in [2.24, 2.45) is 0 Å². The van der Waals surface area contributed by atoms with E-state index in [0.717, 1.165) is 11.1 Å². The maximum atomic E-state index is 13.4. The van der Waals surface area contributed by atoms with Crippen LogP contribution in [-0.4, -0.2) is 15.8 Å². The average molecular weight is 514 g/mol. The van der Waals surface area contributed by atoms with Crippen molar-refractivity contribution in [1.29, 1.82) is 0 Å². The fourth-order valence-electron chi connectivity index (χ4n) is 3.95. The zero-order valence-electron chi connectivity index (χ0n) is 19.2.